The van der Waals surface area contributed by atoms with E-state index in [1.807, 2.05) is 13.0 Å². The summed E-state index contributed by atoms with van der Waals surface area (Å²) in [5.41, 5.74) is 1.28. The number of allylic oxidation sites excluding steroid dienone is 1. The molecule has 2 aliphatic heterocycles. The summed E-state index contributed by atoms with van der Waals surface area (Å²) in [5, 5.41) is 3.27. The van der Waals surface area contributed by atoms with Crippen LogP contribution in [0, 0.1) is 0 Å². The van der Waals surface area contributed by atoms with Crippen molar-refractivity contribution in [1.29, 1.82) is 0 Å². The molecule has 2 amide bonds. The molecule has 2 aliphatic rings. The number of fused-ring (bicyclic) bond motifs is 1. The Morgan fingerprint density at radius 1 is 1.09 bits per heavy atom. The average Bonchev–Trinajstić information content (AvgIpc) is 3.10. The maximum atomic E-state index is 13.2. The number of nitrogens with zero attached hydrogens (tertiary/aromatic N) is 3. The maximum Gasteiger partial charge on any atom is 0.416 e. The standard InChI is InChI=1S/C25H27F3N4O2/c1-2-11-31-17-23(33)32(16-18-5-3-6-20(14-18)25(26,27)28)22-15-19(7-8-21(22)31)24(34)30-12-4-9-29-10-13-30/h2-3,5-8,11,14-15,29H,4,9-10,12-13,16-17H2,1H3/b11-2-. The third kappa shape index (κ3) is 5.09. The Labute approximate surface area is 196 Å². The van der Waals surface area contributed by atoms with Crippen molar-refractivity contribution in [2.45, 2.75) is 26.1 Å². The van der Waals surface area contributed by atoms with Crippen LogP contribution in [0.4, 0.5) is 24.5 Å². The van der Waals surface area contributed by atoms with E-state index in [0.29, 0.717) is 36.4 Å². The van der Waals surface area contributed by atoms with Crippen LogP contribution in [0.3, 0.4) is 0 Å². The fourth-order valence-electron chi connectivity index (χ4n) is 4.31. The lowest BCUT2D eigenvalue weighted by atomic mass is 10.0. The van der Waals surface area contributed by atoms with Gasteiger partial charge in [-0.2, -0.15) is 13.2 Å². The van der Waals surface area contributed by atoms with Gasteiger partial charge in [0.2, 0.25) is 5.91 Å². The molecular formula is C25H27F3N4O2. The molecule has 0 saturated carbocycles. The minimum absolute atomic E-state index is 0.0231. The summed E-state index contributed by atoms with van der Waals surface area (Å²) in [4.78, 5) is 31.3. The lowest BCUT2D eigenvalue weighted by Gasteiger charge is -2.36. The van der Waals surface area contributed by atoms with Gasteiger partial charge in [0.1, 0.15) is 6.54 Å². The van der Waals surface area contributed by atoms with Crippen molar-refractivity contribution in [1.82, 2.24) is 10.2 Å². The molecule has 1 saturated heterocycles. The molecule has 6 nitrogen and oxygen atoms in total. The summed E-state index contributed by atoms with van der Waals surface area (Å²) in [6, 6.07) is 10.2. The molecule has 9 heteroatoms. The molecule has 2 aromatic rings. The fraction of sp³-hybridized carbons (Fsp3) is 0.360. The SMILES string of the molecule is C/C=C\N1CC(=O)N(Cc2cccc(C(F)(F)F)c2)c2cc(C(=O)N3CCCNCC3)ccc21. The number of benzene rings is 2. The van der Waals surface area contributed by atoms with Crippen molar-refractivity contribution in [3.8, 4) is 0 Å². The number of alkyl halides is 3. The number of amides is 2. The van der Waals surface area contributed by atoms with Crippen molar-refractivity contribution in [3.63, 3.8) is 0 Å². The van der Waals surface area contributed by atoms with E-state index in [4.69, 9.17) is 0 Å². The van der Waals surface area contributed by atoms with Gasteiger partial charge >= 0.3 is 6.18 Å². The number of hydrogen-bond acceptors (Lipinski definition) is 4. The highest BCUT2D eigenvalue weighted by molar-refractivity contribution is 6.06. The number of carbonyl (C=O) groups excluding carboxylic acids is 2. The minimum Gasteiger partial charge on any atom is -0.337 e. The number of nitrogens with one attached hydrogen (secondary N) is 1. The second-order valence-corrected chi connectivity index (χ2v) is 8.39. The van der Waals surface area contributed by atoms with Crippen LogP contribution in [0.5, 0.6) is 0 Å². The van der Waals surface area contributed by atoms with Gasteiger partial charge in [-0.1, -0.05) is 18.2 Å². The highest BCUT2D eigenvalue weighted by atomic mass is 19.4. The van der Waals surface area contributed by atoms with Crippen LogP contribution in [-0.4, -0.2) is 49.4 Å². The third-order valence-corrected chi connectivity index (χ3v) is 5.98. The largest absolute Gasteiger partial charge is 0.416 e. The molecule has 1 N–H and O–H groups in total. The molecule has 180 valence electrons. The smallest absolute Gasteiger partial charge is 0.337 e. The van der Waals surface area contributed by atoms with Crippen LogP contribution in [0.1, 0.15) is 34.8 Å². The Hall–Kier alpha value is -3.33. The van der Waals surface area contributed by atoms with Crippen molar-refractivity contribution in [2.24, 2.45) is 0 Å². The molecule has 2 heterocycles. The maximum absolute atomic E-state index is 13.2. The summed E-state index contributed by atoms with van der Waals surface area (Å²) in [6.45, 7) is 4.67. The Morgan fingerprint density at radius 3 is 2.68 bits per heavy atom. The van der Waals surface area contributed by atoms with Crippen LogP contribution in [-0.2, 0) is 17.5 Å². The number of rotatable bonds is 4. The number of anilines is 2. The van der Waals surface area contributed by atoms with E-state index in [1.54, 1.807) is 40.3 Å². The zero-order chi connectivity index (χ0) is 24.3. The van der Waals surface area contributed by atoms with Crippen molar-refractivity contribution < 1.29 is 22.8 Å². The lowest BCUT2D eigenvalue weighted by molar-refractivity contribution is -0.137. The summed E-state index contributed by atoms with van der Waals surface area (Å²) >= 11 is 0. The van der Waals surface area contributed by atoms with E-state index in [1.165, 1.54) is 11.0 Å². The van der Waals surface area contributed by atoms with E-state index in [2.05, 4.69) is 5.32 Å². The second kappa shape index (κ2) is 9.89. The molecule has 34 heavy (non-hydrogen) atoms. The topological polar surface area (TPSA) is 55.9 Å². The van der Waals surface area contributed by atoms with Gasteiger partial charge in [-0.15, -0.1) is 0 Å². The van der Waals surface area contributed by atoms with E-state index < -0.39 is 11.7 Å². The number of hydrogen-bond donors (Lipinski definition) is 1. The molecule has 0 aromatic heterocycles. The first-order valence-corrected chi connectivity index (χ1v) is 11.3. The minimum atomic E-state index is -4.47. The molecule has 0 spiro atoms. The normalized spacial score (nSPS) is 17.2. The molecule has 0 unspecified atom stereocenters. The lowest BCUT2D eigenvalue weighted by Crippen LogP contribution is -2.43. The summed E-state index contributed by atoms with van der Waals surface area (Å²) < 4.78 is 39.6. The van der Waals surface area contributed by atoms with Crippen LogP contribution in [0.2, 0.25) is 0 Å². The first kappa shape index (κ1) is 23.8. The van der Waals surface area contributed by atoms with E-state index >= 15 is 0 Å². The molecular weight excluding hydrogens is 445 g/mol. The summed E-state index contributed by atoms with van der Waals surface area (Å²) in [6.07, 6.45) is -0.0286. The van der Waals surface area contributed by atoms with Gasteiger partial charge < -0.3 is 20.0 Å². The second-order valence-electron chi connectivity index (χ2n) is 8.39. The van der Waals surface area contributed by atoms with Crippen LogP contribution >= 0.6 is 0 Å². The Balaban J connectivity index is 1.70. The van der Waals surface area contributed by atoms with Crippen molar-refractivity contribution >= 4 is 23.2 Å². The average molecular weight is 473 g/mol. The van der Waals surface area contributed by atoms with Gasteiger partial charge in [-0.3, -0.25) is 9.59 Å². The van der Waals surface area contributed by atoms with E-state index in [-0.39, 0.29) is 24.9 Å². The Morgan fingerprint density at radius 2 is 1.91 bits per heavy atom. The van der Waals surface area contributed by atoms with Gasteiger partial charge in [-0.25, -0.2) is 0 Å². The molecule has 0 aliphatic carbocycles. The molecule has 4 rings (SSSR count). The predicted molar refractivity (Wildman–Crippen MR) is 125 cm³/mol. The highest BCUT2D eigenvalue weighted by Gasteiger charge is 2.32. The van der Waals surface area contributed by atoms with Gasteiger partial charge in [0, 0.05) is 31.4 Å². The Kier molecular flexibility index (Phi) is 6.92. The first-order valence-electron chi connectivity index (χ1n) is 11.3. The van der Waals surface area contributed by atoms with Crippen molar-refractivity contribution in [2.75, 3.05) is 42.5 Å². The quantitative estimate of drug-likeness (QED) is 0.730. The number of halogens is 3. The van der Waals surface area contributed by atoms with E-state index in [0.717, 1.165) is 30.8 Å². The zero-order valence-corrected chi connectivity index (χ0v) is 18.9. The summed E-state index contributed by atoms with van der Waals surface area (Å²) in [7, 11) is 0. The molecule has 0 radical (unpaired) electrons. The molecule has 1 fully saturated rings. The van der Waals surface area contributed by atoms with Gasteiger partial charge in [0.05, 0.1) is 23.5 Å². The van der Waals surface area contributed by atoms with Crippen LogP contribution in [0.15, 0.2) is 54.7 Å². The Bertz CT molecular complexity index is 1090. The monoisotopic (exact) mass is 472 g/mol. The van der Waals surface area contributed by atoms with Crippen molar-refractivity contribution in [3.05, 3.63) is 71.4 Å². The predicted octanol–water partition coefficient (Wildman–Crippen LogP) is 4.03. The first-order chi connectivity index (χ1) is 16.3. The van der Waals surface area contributed by atoms with Crippen LogP contribution < -0.4 is 15.1 Å². The highest BCUT2D eigenvalue weighted by Crippen LogP contribution is 2.37. The summed E-state index contributed by atoms with van der Waals surface area (Å²) in [5.74, 6) is -0.382. The van der Waals surface area contributed by atoms with Crippen LogP contribution in [0.25, 0.3) is 0 Å². The van der Waals surface area contributed by atoms with Gasteiger partial charge in [-0.05, 0) is 55.8 Å². The van der Waals surface area contributed by atoms with E-state index in [9.17, 15) is 22.8 Å². The fourth-order valence-corrected chi connectivity index (χ4v) is 4.31. The number of carbonyl (C=O) groups is 2. The third-order valence-electron chi connectivity index (χ3n) is 5.98. The van der Waals surface area contributed by atoms with Gasteiger partial charge in [0.25, 0.3) is 5.91 Å². The molecule has 0 atom stereocenters. The van der Waals surface area contributed by atoms with Gasteiger partial charge in [0.15, 0.2) is 0 Å². The molecule has 2 aromatic carbocycles. The zero-order valence-electron chi connectivity index (χ0n) is 18.9. The molecule has 0 bridgehead atoms.